The predicted molar refractivity (Wildman–Crippen MR) is 79.4 cm³/mol. The molecule has 0 amide bonds. The summed E-state index contributed by atoms with van der Waals surface area (Å²) >= 11 is 0. The minimum absolute atomic E-state index is 0.608. The van der Waals surface area contributed by atoms with Gasteiger partial charge in [-0.25, -0.2) is 0 Å². The lowest BCUT2D eigenvalue weighted by atomic mass is 10.1. The van der Waals surface area contributed by atoms with Crippen molar-refractivity contribution >= 4 is 10.1 Å². The van der Waals surface area contributed by atoms with Gasteiger partial charge in [0, 0.05) is 26.5 Å². The van der Waals surface area contributed by atoms with Gasteiger partial charge < -0.3 is 9.80 Å². The second-order valence-electron chi connectivity index (χ2n) is 5.23. The minimum atomic E-state index is -5.84. The highest BCUT2D eigenvalue weighted by molar-refractivity contribution is 7.86. The van der Waals surface area contributed by atoms with E-state index in [9.17, 15) is 13.2 Å². The van der Waals surface area contributed by atoms with Crippen molar-refractivity contribution in [2.45, 2.75) is 57.1 Å². The van der Waals surface area contributed by atoms with E-state index >= 15 is 0 Å². The molecule has 0 bridgehead atoms. The van der Waals surface area contributed by atoms with Crippen LogP contribution < -0.4 is 0 Å². The molecule has 0 aliphatic carbocycles. The molecular weight excluding hydrogens is 321 g/mol. The standard InChI is InChI=1S/C12H24N2.CHF3O3S/c1-4-5-6-7-8-9-12-13(2)10-11-14(12)3;2-1(3,4)8(5,6)7/h10-12H,4-9H2,1-3H3;(H,5,6,7). The van der Waals surface area contributed by atoms with Crippen LogP contribution in [0, 0.1) is 0 Å². The lowest BCUT2D eigenvalue weighted by molar-refractivity contribution is -0.0510. The van der Waals surface area contributed by atoms with Crippen molar-refractivity contribution in [3.63, 3.8) is 0 Å². The highest BCUT2D eigenvalue weighted by Crippen LogP contribution is 2.20. The fourth-order valence-corrected chi connectivity index (χ4v) is 2.03. The first-order valence-corrected chi connectivity index (χ1v) is 8.60. The lowest BCUT2D eigenvalue weighted by Crippen LogP contribution is -2.33. The average Bonchev–Trinajstić information content (AvgIpc) is 2.68. The van der Waals surface area contributed by atoms with E-state index in [0.717, 1.165) is 0 Å². The largest absolute Gasteiger partial charge is 0.522 e. The van der Waals surface area contributed by atoms with Crippen molar-refractivity contribution in [3.05, 3.63) is 12.4 Å². The van der Waals surface area contributed by atoms with Crippen LogP contribution in [0.5, 0.6) is 0 Å². The SMILES string of the molecule is CCCCCCCC1N(C)C=CN1C.O=S(=O)(O)C(F)(F)F. The molecule has 0 saturated carbocycles. The molecule has 0 spiro atoms. The van der Waals surface area contributed by atoms with E-state index in [2.05, 4.69) is 43.2 Å². The zero-order valence-electron chi connectivity index (χ0n) is 13.2. The Bertz CT molecular complexity index is 426. The Morgan fingerprint density at radius 2 is 1.45 bits per heavy atom. The molecule has 0 atom stereocenters. The van der Waals surface area contributed by atoms with Gasteiger partial charge in [0.15, 0.2) is 0 Å². The van der Waals surface area contributed by atoms with E-state index in [4.69, 9.17) is 13.0 Å². The Labute approximate surface area is 130 Å². The third-order valence-electron chi connectivity index (χ3n) is 3.34. The first kappa shape index (κ1) is 21.0. The number of hydrogen-bond acceptors (Lipinski definition) is 4. The molecule has 0 aromatic heterocycles. The molecule has 9 heteroatoms. The molecule has 1 aliphatic rings. The van der Waals surface area contributed by atoms with Crippen LogP contribution in [0.3, 0.4) is 0 Å². The normalized spacial score (nSPS) is 16.0. The molecule has 1 heterocycles. The van der Waals surface area contributed by atoms with Crippen LogP contribution in [-0.2, 0) is 10.1 Å². The minimum Gasteiger partial charge on any atom is -0.359 e. The molecule has 1 N–H and O–H groups in total. The number of nitrogens with zero attached hydrogens (tertiary/aromatic N) is 2. The maximum Gasteiger partial charge on any atom is 0.522 e. The second kappa shape index (κ2) is 9.24. The second-order valence-corrected chi connectivity index (χ2v) is 6.65. The van der Waals surface area contributed by atoms with Gasteiger partial charge in [0.05, 0.1) is 0 Å². The summed E-state index contributed by atoms with van der Waals surface area (Å²) in [6.07, 6.45) is 13.1. The zero-order valence-corrected chi connectivity index (χ0v) is 14.0. The quantitative estimate of drug-likeness (QED) is 0.454. The summed E-state index contributed by atoms with van der Waals surface area (Å²) in [7, 11) is -1.51. The molecule has 0 aromatic carbocycles. The van der Waals surface area contributed by atoms with Crippen LogP contribution in [0.2, 0.25) is 0 Å². The maximum atomic E-state index is 10.7. The smallest absolute Gasteiger partial charge is 0.359 e. The van der Waals surface area contributed by atoms with E-state index in [-0.39, 0.29) is 0 Å². The van der Waals surface area contributed by atoms with E-state index in [1.54, 1.807) is 0 Å². The van der Waals surface area contributed by atoms with Gasteiger partial charge in [-0.2, -0.15) is 21.6 Å². The van der Waals surface area contributed by atoms with Crippen molar-refractivity contribution in [2.75, 3.05) is 14.1 Å². The molecule has 1 rings (SSSR count). The van der Waals surface area contributed by atoms with Gasteiger partial charge in [-0.1, -0.05) is 32.6 Å². The first-order valence-electron chi connectivity index (χ1n) is 7.16. The van der Waals surface area contributed by atoms with Crippen molar-refractivity contribution in [1.29, 1.82) is 0 Å². The predicted octanol–water partition coefficient (Wildman–Crippen LogP) is 3.42. The Morgan fingerprint density at radius 3 is 1.82 bits per heavy atom. The molecule has 22 heavy (non-hydrogen) atoms. The molecule has 0 aromatic rings. The van der Waals surface area contributed by atoms with Gasteiger partial charge in [-0.05, 0) is 12.8 Å². The molecular formula is C13H25F3N2O3S. The number of rotatable bonds is 6. The maximum absolute atomic E-state index is 10.7. The summed E-state index contributed by atoms with van der Waals surface area (Å²) < 4.78 is 57.5. The summed E-state index contributed by atoms with van der Waals surface area (Å²) in [5.41, 5.74) is -5.53. The zero-order chi connectivity index (χ0) is 17.4. The number of hydrogen-bond donors (Lipinski definition) is 1. The van der Waals surface area contributed by atoms with Crippen molar-refractivity contribution in [3.8, 4) is 0 Å². The summed E-state index contributed by atoms with van der Waals surface area (Å²) in [4.78, 5) is 4.61. The van der Waals surface area contributed by atoms with E-state index < -0.39 is 15.6 Å². The van der Waals surface area contributed by atoms with E-state index in [1.165, 1.54) is 38.5 Å². The summed E-state index contributed by atoms with van der Waals surface area (Å²) in [5, 5.41) is 0. The summed E-state index contributed by atoms with van der Waals surface area (Å²) in [6, 6.07) is 0. The number of halogens is 3. The van der Waals surface area contributed by atoms with Crippen molar-refractivity contribution < 1.29 is 26.1 Å². The fourth-order valence-electron chi connectivity index (χ4n) is 2.03. The lowest BCUT2D eigenvalue weighted by Gasteiger charge is -2.27. The highest BCUT2D eigenvalue weighted by atomic mass is 32.2. The van der Waals surface area contributed by atoms with Crippen LogP contribution in [0.25, 0.3) is 0 Å². The van der Waals surface area contributed by atoms with Gasteiger partial charge >= 0.3 is 15.6 Å². The Balaban J connectivity index is 0.000000472. The van der Waals surface area contributed by atoms with Crippen LogP contribution >= 0.6 is 0 Å². The highest BCUT2D eigenvalue weighted by Gasteiger charge is 2.44. The molecule has 132 valence electrons. The molecule has 5 nitrogen and oxygen atoms in total. The van der Waals surface area contributed by atoms with Gasteiger partial charge in [0.25, 0.3) is 0 Å². The third-order valence-corrected chi connectivity index (χ3v) is 3.92. The summed E-state index contributed by atoms with van der Waals surface area (Å²) in [5.74, 6) is 0. The Hall–Kier alpha value is -0.960. The van der Waals surface area contributed by atoms with Crippen LogP contribution in [0.1, 0.15) is 45.4 Å². The number of alkyl halides is 3. The first-order chi connectivity index (χ1) is 10.0. The topological polar surface area (TPSA) is 60.9 Å². The summed E-state index contributed by atoms with van der Waals surface area (Å²) in [6.45, 7) is 2.27. The number of unbranched alkanes of at least 4 members (excludes halogenated alkanes) is 4. The van der Waals surface area contributed by atoms with Crippen molar-refractivity contribution in [2.24, 2.45) is 0 Å². The Kier molecular flexibility index (Phi) is 8.84. The molecule has 1 aliphatic heterocycles. The molecule has 0 saturated heterocycles. The molecule has 0 fully saturated rings. The molecule has 0 radical (unpaired) electrons. The molecule has 0 unspecified atom stereocenters. The van der Waals surface area contributed by atoms with Crippen molar-refractivity contribution in [1.82, 2.24) is 9.80 Å². The van der Waals surface area contributed by atoms with Gasteiger partial charge in [-0.15, -0.1) is 0 Å². The van der Waals surface area contributed by atoms with E-state index in [0.29, 0.717) is 6.17 Å². The van der Waals surface area contributed by atoms with Crippen LogP contribution in [0.4, 0.5) is 13.2 Å². The Morgan fingerprint density at radius 1 is 1.05 bits per heavy atom. The van der Waals surface area contributed by atoms with E-state index in [1.807, 2.05) is 0 Å². The average molecular weight is 346 g/mol. The monoisotopic (exact) mass is 346 g/mol. The van der Waals surface area contributed by atoms with Gasteiger partial charge in [-0.3, -0.25) is 4.55 Å². The van der Waals surface area contributed by atoms with Crippen LogP contribution in [0.15, 0.2) is 12.4 Å². The third kappa shape index (κ3) is 7.88. The fraction of sp³-hybridized carbons (Fsp3) is 0.846. The van der Waals surface area contributed by atoms with Gasteiger partial charge in [0.1, 0.15) is 6.17 Å². The van der Waals surface area contributed by atoms with Crippen LogP contribution in [-0.4, -0.2) is 48.5 Å². The van der Waals surface area contributed by atoms with Gasteiger partial charge in [0.2, 0.25) is 0 Å².